The van der Waals surface area contributed by atoms with E-state index < -0.39 is 0 Å². The number of likely N-dealkylation sites (N-methyl/N-ethyl adjacent to an activating group) is 1. The Kier molecular flexibility index (Phi) is 7.68. The van der Waals surface area contributed by atoms with Crippen molar-refractivity contribution in [1.82, 2.24) is 5.32 Å². The second-order valence-corrected chi connectivity index (χ2v) is 5.75. The molecule has 114 valence electrons. The van der Waals surface area contributed by atoms with Gasteiger partial charge in [0.1, 0.15) is 5.75 Å². The van der Waals surface area contributed by atoms with Crippen LogP contribution in [0.2, 0.25) is 0 Å². The first-order valence-corrected chi connectivity index (χ1v) is 7.96. The second-order valence-electron chi connectivity index (χ2n) is 5.75. The zero-order valence-corrected chi connectivity index (χ0v) is 13.8. The maximum Gasteiger partial charge on any atom is 0.122 e. The van der Waals surface area contributed by atoms with Crippen LogP contribution in [0.15, 0.2) is 18.2 Å². The molecule has 0 saturated heterocycles. The van der Waals surface area contributed by atoms with E-state index in [0.29, 0.717) is 6.04 Å². The Hall–Kier alpha value is -1.02. The minimum absolute atomic E-state index is 0.533. The molecule has 1 rings (SSSR count). The molecule has 0 saturated carbocycles. The average Bonchev–Trinajstić information content (AvgIpc) is 2.45. The number of rotatable bonds is 9. The lowest BCUT2D eigenvalue weighted by Gasteiger charge is -2.27. The van der Waals surface area contributed by atoms with Crippen molar-refractivity contribution in [3.8, 4) is 5.75 Å². The van der Waals surface area contributed by atoms with Crippen LogP contribution in [-0.4, -0.2) is 20.2 Å². The minimum Gasteiger partial charge on any atom is -0.496 e. The highest BCUT2D eigenvalue weighted by Crippen LogP contribution is 2.26. The van der Waals surface area contributed by atoms with Gasteiger partial charge in [0.2, 0.25) is 0 Å². The number of aryl methyl sites for hydroxylation is 1. The molecule has 0 heterocycles. The lowest BCUT2D eigenvalue weighted by atomic mass is 9.86. The van der Waals surface area contributed by atoms with Gasteiger partial charge in [0.25, 0.3) is 0 Å². The highest BCUT2D eigenvalue weighted by atomic mass is 16.5. The molecule has 1 aromatic carbocycles. The summed E-state index contributed by atoms with van der Waals surface area (Å²) in [6, 6.07) is 7.00. The van der Waals surface area contributed by atoms with Crippen LogP contribution in [-0.2, 0) is 6.42 Å². The lowest BCUT2D eigenvalue weighted by Crippen LogP contribution is -2.35. The number of hydrogen-bond donors (Lipinski definition) is 1. The average molecular weight is 277 g/mol. The molecule has 0 bridgehead atoms. The van der Waals surface area contributed by atoms with Crippen LogP contribution < -0.4 is 10.1 Å². The Labute approximate surface area is 124 Å². The Morgan fingerprint density at radius 1 is 1.15 bits per heavy atom. The largest absolute Gasteiger partial charge is 0.496 e. The summed E-state index contributed by atoms with van der Waals surface area (Å²) in [6.45, 7) is 6.71. The van der Waals surface area contributed by atoms with E-state index in [-0.39, 0.29) is 0 Å². The molecule has 0 fully saturated rings. The van der Waals surface area contributed by atoms with Gasteiger partial charge < -0.3 is 10.1 Å². The van der Waals surface area contributed by atoms with Crippen molar-refractivity contribution in [2.45, 2.75) is 58.9 Å². The van der Waals surface area contributed by atoms with E-state index in [0.717, 1.165) is 18.1 Å². The molecule has 0 radical (unpaired) electrons. The maximum absolute atomic E-state index is 5.52. The van der Waals surface area contributed by atoms with Gasteiger partial charge in [-0.3, -0.25) is 0 Å². The molecule has 1 unspecified atom stereocenters. The molecule has 0 aromatic heterocycles. The van der Waals surface area contributed by atoms with Crippen molar-refractivity contribution in [1.29, 1.82) is 0 Å². The van der Waals surface area contributed by atoms with Crippen molar-refractivity contribution in [3.63, 3.8) is 0 Å². The fraction of sp³-hybridized carbons (Fsp3) is 0.667. The molecule has 0 spiro atoms. The van der Waals surface area contributed by atoms with Crippen molar-refractivity contribution >= 4 is 0 Å². The quantitative estimate of drug-likeness (QED) is 0.724. The Morgan fingerprint density at radius 3 is 2.30 bits per heavy atom. The summed E-state index contributed by atoms with van der Waals surface area (Å²) >= 11 is 0. The number of benzene rings is 1. The summed E-state index contributed by atoms with van der Waals surface area (Å²) in [5, 5.41) is 3.54. The number of hydrogen-bond acceptors (Lipinski definition) is 2. The van der Waals surface area contributed by atoms with E-state index in [1.54, 1.807) is 7.11 Å². The summed E-state index contributed by atoms with van der Waals surface area (Å²) in [7, 11) is 3.85. The third-order valence-electron chi connectivity index (χ3n) is 4.13. The molecule has 1 aromatic rings. The molecule has 1 N–H and O–H groups in total. The van der Waals surface area contributed by atoms with E-state index >= 15 is 0 Å². The molecule has 0 aliphatic rings. The third-order valence-corrected chi connectivity index (χ3v) is 4.13. The van der Waals surface area contributed by atoms with Crippen LogP contribution in [0.1, 0.15) is 50.7 Å². The monoisotopic (exact) mass is 277 g/mol. The van der Waals surface area contributed by atoms with E-state index in [1.807, 2.05) is 0 Å². The Balaban J connectivity index is 2.88. The molecule has 1 atom stereocenters. The van der Waals surface area contributed by atoms with E-state index in [1.165, 1.54) is 36.8 Å². The fourth-order valence-electron chi connectivity index (χ4n) is 3.10. The van der Waals surface area contributed by atoms with E-state index in [2.05, 4.69) is 51.3 Å². The van der Waals surface area contributed by atoms with Gasteiger partial charge in [0.15, 0.2) is 0 Å². The van der Waals surface area contributed by atoms with Crippen molar-refractivity contribution < 1.29 is 4.74 Å². The number of methoxy groups -OCH3 is 1. The molecule has 0 aliphatic carbocycles. The summed E-state index contributed by atoms with van der Waals surface area (Å²) in [5.41, 5.74) is 2.63. The first kappa shape index (κ1) is 17.0. The van der Waals surface area contributed by atoms with Crippen LogP contribution in [0.3, 0.4) is 0 Å². The number of ether oxygens (including phenoxy) is 1. The summed E-state index contributed by atoms with van der Waals surface area (Å²) in [4.78, 5) is 0. The van der Waals surface area contributed by atoms with Crippen molar-refractivity contribution in [2.24, 2.45) is 5.92 Å². The van der Waals surface area contributed by atoms with Gasteiger partial charge in [-0.2, -0.15) is 0 Å². The fourth-order valence-corrected chi connectivity index (χ4v) is 3.10. The smallest absolute Gasteiger partial charge is 0.122 e. The summed E-state index contributed by atoms with van der Waals surface area (Å²) in [6.07, 6.45) is 6.16. The van der Waals surface area contributed by atoms with E-state index in [4.69, 9.17) is 4.74 Å². The second kappa shape index (κ2) is 9.02. The Morgan fingerprint density at radius 2 is 1.80 bits per heavy atom. The van der Waals surface area contributed by atoms with Crippen LogP contribution in [0.5, 0.6) is 5.75 Å². The van der Waals surface area contributed by atoms with Gasteiger partial charge in [-0.05, 0) is 50.8 Å². The van der Waals surface area contributed by atoms with Crippen LogP contribution >= 0.6 is 0 Å². The molecular weight excluding hydrogens is 246 g/mol. The maximum atomic E-state index is 5.52. The third kappa shape index (κ3) is 4.82. The summed E-state index contributed by atoms with van der Waals surface area (Å²) in [5.74, 6) is 1.77. The molecule has 0 amide bonds. The van der Waals surface area contributed by atoms with Gasteiger partial charge in [0.05, 0.1) is 7.11 Å². The predicted octanol–water partition coefficient (Wildman–Crippen LogP) is 4.35. The summed E-state index contributed by atoms with van der Waals surface area (Å²) < 4.78 is 5.52. The van der Waals surface area contributed by atoms with Gasteiger partial charge in [-0.15, -0.1) is 0 Å². The van der Waals surface area contributed by atoms with E-state index in [9.17, 15) is 0 Å². The van der Waals surface area contributed by atoms with Gasteiger partial charge in [0, 0.05) is 6.04 Å². The molecular formula is C18H31NO. The van der Waals surface area contributed by atoms with Crippen molar-refractivity contribution in [3.05, 3.63) is 29.3 Å². The lowest BCUT2D eigenvalue weighted by molar-refractivity contribution is 0.318. The van der Waals surface area contributed by atoms with Gasteiger partial charge >= 0.3 is 0 Å². The molecule has 2 heteroatoms. The highest BCUT2D eigenvalue weighted by Gasteiger charge is 2.20. The van der Waals surface area contributed by atoms with Crippen molar-refractivity contribution in [2.75, 3.05) is 14.2 Å². The topological polar surface area (TPSA) is 21.3 Å². The molecule has 2 nitrogen and oxygen atoms in total. The highest BCUT2D eigenvalue weighted by molar-refractivity contribution is 5.37. The first-order chi connectivity index (χ1) is 9.65. The van der Waals surface area contributed by atoms with Gasteiger partial charge in [-0.25, -0.2) is 0 Å². The number of nitrogens with one attached hydrogen (secondary N) is 1. The zero-order valence-electron chi connectivity index (χ0n) is 13.8. The Bertz CT molecular complexity index is 383. The molecule has 0 aliphatic heterocycles. The zero-order chi connectivity index (χ0) is 15.0. The SMILES string of the molecule is CCCC(CCC)C(Cc1cc(C)ccc1OC)NC. The minimum atomic E-state index is 0.533. The molecule has 20 heavy (non-hydrogen) atoms. The predicted molar refractivity (Wildman–Crippen MR) is 87.6 cm³/mol. The van der Waals surface area contributed by atoms with Crippen LogP contribution in [0.25, 0.3) is 0 Å². The normalized spacial score (nSPS) is 12.7. The van der Waals surface area contributed by atoms with Crippen LogP contribution in [0, 0.1) is 12.8 Å². The van der Waals surface area contributed by atoms with Gasteiger partial charge in [-0.1, -0.05) is 44.4 Å². The van der Waals surface area contributed by atoms with Crippen LogP contribution in [0.4, 0.5) is 0 Å². The first-order valence-electron chi connectivity index (χ1n) is 7.96. The standard InChI is InChI=1S/C18H31NO/c1-6-8-15(9-7-2)17(19-4)13-16-12-14(3)10-11-18(16)20-5/h10-12,15,17,19H,6-9,13H2,1-5H3.